The fraction of sp³-hybridized carbons (Fsp3) is 0.833. The summed E-state index contributed by atoms with van der Waals surface area (Å²) >= 11 is 0. The average molecular weight is 405 g/mol. The standard InChI is InChI=1S/C24H36O5/c1-13(4-7-21(28)29)16-5-6-17-22-18(12-20(27)24(16,17)3)23(2)9-8-15(25)10-14(23)11-19(22)26/h12-17,19,22,25-26H,4-11H2,1-3H3,(H,28,29)/t13-,14+,15-,16-,17+,19-,22+,23+,24-/m1/s1. The molecule has 0 spiro atoms. The van der Waals surface area contributed by atoms with Crippen molar-refractivity contribution in [2.75, 3.05) is 0 Å². The summed E-state index contributed by atoms with van der Waals surface area (Å²) in [6, 6.07) is 0. The van der Waals surface area contributed by atoms with Gasteiger partial charge in [-0.2, -0.15) is 0 Å². The third-order valence-electron chi connectivity index (χ3n) is 9.49. The summed E-state index contributed by atoms with van der Waals surface area (Å²) in [5.74, 6) is 0.121. The first-order chi connectivity index (χ1) is 13.6. The van der Waals surface area contributed by atoms with Crippen LogP contribution in [0.25, 0.3) is 0 Å². The first kappa shape index (κ1) is 21.0. The van der Waals surface area contributed by atoms with Gasteiger partial charge in [-0.25, -0.2) is 0 Å². The van der Waals surface area contributed by atoms with Crippen LogP contribution in [0.4, 0.5) is 0 Å². The number of aliphatic hydroxyl groups is 2. The molecule has 0 amide bonds. The van der Waals surface area contributed by atoms with Crippen molar-refractivity contribution in [3.63, 3.8) is 0 Å². The number of carbonyl (C=O) groups is 2. The van der Waals surface area contributed by atoms with E-state index in [2.05, 4.69) is 20.8 Å². The van der Waals surface area contributed by atoms with Crippen molar-refractivity contribution in [3.8, 4) is 0 Å². The molecular weight excluding hydrogens is 368 g/mol. The Labute approximate surface area is 173 Å². The lowest BCUT2D eigenvalue weighted by Crippen LogP contribution is -2.56. The first-order valence-corrected chi connectivity index (χ1v) is 11.4. The third kappa shape index (κ3) is 3.11. The monoisotopic (exact) mass is 404 g/mol. The second-order valence-electron chi connectivity index (χ2n) is 10.8. The zero-order valence-corrected chi connectivity index (χ0v) is 17.9. The van der Waals surface area contributed by atoms with E-state index in [-0.39, 0.29) is 53.3 Å². The molecule has 29 heavy (non-hydrogen) atoms. The number of hydrogen-bond donors (Lipinski definition) is 3. The molecule has 4 aliphatic carbocycles. The SMILES string of the molecule is C[C@H](CCC(=O)O)[C@H]1CC[C@H]2[C@H]3C(=CC(=O)[C@]12C)[C@@]1(C)CC[C@@H](O)C[C@H]1C[C@H]3O. The Morgan fingerprint density at radius 3 is 2.62 bits per heavy atom. The van der Waals surface area contributed by atoms with Crippen LogP contribution in [0.2, 0.25) is 0 Å². The second-order valence-corrected chi connectivity index (χ2v) is 10.8. The second kappa shape index (κ2) is 7.19. The van der Waals surface area contributed by atoms with Crippen molar-refractivity contribution >= 4 is 11.8 Å². The lowest BCUT2D eigenvalue weighted by Gasteiger charge is -2.57. The molecule has 0 saturated heterocycles. The lowest BCUT2D eigenvalue weighted by molar-refractivity contribution is -0.138. The Kier molecular flexibility index (Phi) is 5.22. The Morgan fingerprint density at radius 1 is 1.21 bits per heavy atom. The molecule has 3 saturated carbocycles. The molecule has 3 N–H and O–H groups in total. The number of ketones is 1. The van der Waals surface area contributed by atoms with Gasteiger partial charge in [0.2, 0.25) is 0 Å². The van der Waals surface area contributed by atoms with Gasteiger partial charge in [0.1, 0.15) is 0 Å². The molecule has 0 unspecified atom stereocenters. The highest BCUT2D eigenvalue weighted by atomic mass is 16.4. The maximum absolute atomic E-state index is 13.6. The van der Waals surface area contributed by atoms with Gasteiger partial charge in [-0.3, -0.25) is 9.59 Å². The normalized spacial score (nSPS) is 47.6. The number of rotatable bonds is 4. The number of fused-ring (bicyclic) bond motifs is 5. The number of carboxylic acid groups (broad SMARTS) is 1. The summed E-state index contributed by atoms with van der Waals surface area (Å²) in [7, 11) is 0. The smallest absolute Gasteiger partial charge is 0.303 e. The zero-order chi connectivity index (χ0) is 21.1. The van der Waals surface area contributed by atoms with Crippen LogP contribution in [0.3, 0.4) is 0 Å². The quantitative estimate of drug-likeness (QED) is 0.666. The van der Waals surface area contributed by atoms with Crippen LogP contribution in [0.15, 0.2) is 11.6 Å². The van der Waals surface area contributed by atoms with Crippen LogP contribution >= 0.6 is 0 Å². The maximum Gasteiger partial charge on any atom is 0.303 e. The topological polar surface area (TPSA) is 94.8 Å². The lowest BCUT2D eigenvalue weighted by atomic mass is 9.47. The molecule has 5 nitrogen and oxygen atoms in total. The average Bonchev–Trinajstić information content (AvgIpc) is 3.01. The van der Waals surface area contributed by atoms with Crippen LogP contribution in [0.5, 0.6) is 0 Å². The number of aliphatic carboxylic acids is 1. The van der Waals surface area contributed by atoms with Crippen LogP contribution in [0, 0.1) is 40.4 Å². The molecule has 4 rings (SSSR count). The first-order valence-electron chi connectivity index (χ1n) is 11.4. The Bertz CT molecular complexity index is 729. The Morgan fingerprint density at radius 2 is 1.93 bits per heavy atom. The maximum atomic E-state index is 13.6. The van der Waals surface area contributed by atoms with E-state index in [1.165, 1.54) is 0 Å². The Hall–Kier alpha value is -1.20. The minimum Gasteiger partial charge on any atom is -0.481 e. The number of aliphatic hydroxyl groups excluding tert-OH is 2. The molecule has 4 aliphatic rings. The van der Waals surface area contributed by atoms with E-state index in [0.717, 1.165) is 31.3 Å². The van der Waals surface area contributed by atoms with Gasteiger partial charge in [-0.15, -0.1) is 0 Å². The highest BCUT2D eigenvalue weighted by Gasteiger charge is 2.62. The van der Waals surface area contributed by atoms with Crippen molar-refractivity contribution < 1.29 is 24.9 Å². The summed E-state index contributed by atoms with van der Waals surface area (Å²) in [6.45, 7) is 6.41. The zero-order valence-electron chi connectivity index (χ0n) is 17.9. The molecule has 0 aromatic rings. The molecule has 162 valence electrons. The van der Waals surface area contributed by atoms with Crippen LogP contribution in [-0.2, 0) is 9.59 Å². The van der Waals surface area contributed by atoms with Crippen molar-refractivity contribution in [3.05, 3.63) is 11.6 Å². The van der Waals surface area contributed by atoms with Crippen molar-refractivity contribution in [1.29, 1.82) is 0 Å². The van der Waals surface area contributed by atoms with E-state index in [1.807, 2.05) is 6.08 Å². The fourth-order valence-corrected chi connectivity index (χ4v) is 7.76. The van der Waals surface area contributed by atoms with Crippen molar-refractivity contribution in [2.45, 2.75) is 84.3 Å². The predicted octanol–water partition coefficient (Wildman–Crippen LogP) is 3.58. The van der Waals surface area contributed by atoms with E-state index in [0.29, 0.717) is 19.3 Å². The molecule has 0 bridgehead atoms. The Balaban J connectivity index is 1.67. The minimum absolute atomic E-state index is 0.0193. The van der Waals surface area contributed by atoms with E-state index >= 15 is 0 Å². The molecule has 0 aromatic carbocycles. The molecule has 9 atom stereocenters. The van der Waals surface area contributed by atoms with E-state index < -0.39 is 17.5 Å². The van der Waals surface area contributed by atoms with E-state index in [9.17, 15) is 19.8 Å². The molecule has 3 fully saturated rings. The molecule has 0 aliphatic heterocycles. The van der Waals surface area contributed by atoms with Crippen molar-refractivity contribution in [1.82, 2.24) is 0 Å². The van der Waals surface area contributed by atoms with E-state index in [4.69, 9.17) is 5.11 Å². The largest absolute Gasteiger partial charge is 0.481 e. The van der Waals surface area contributed by atoms with Gasteiger partial charge in [-0.05, 0) is 80.1 Å². The molecule has 0 radical (unpaired) electrons. The van der Waals surface area contributed by atoms with E-state index in [1.54, 1.807) is 0 Å². The van der Waals surface area contributed by atoms with Gasteiger partial charge in [-0.1, -0.05) is 26.3 Å². The van der Waals surface area contributed by atoms with Crippen LogP contribution < -0.4 is 0 Å². The predicted molar refractivity (Wildman–Crippen MR) is 109 cm³/mol. The van der Waals surface area contributed by atoms with Gasteiger partial charge in [0.25, 0.3) is 0 Å². The van der Waals surface area contributed by atoms with Gasteiger partial charge in [0.05, 0.1) is 12.2 Å². The molecule has 0 heterocycles. The number of carboxylic acids is 1. The number of hydrogen-bond acceptors (Lipinski definition) is 4. The molecular formula is C24H36O5. The van der Waals surface area contributed by atoms with Crippen LogP contribution in [-0.4, -0.2) is 39.3 Å². The summed E-state index contributed by atoms with van der Waals surface area (Å²) < 4.78 is 0. The van der Waals surface area contributed by atoms with Gasteiger partial charge in [0.15, 0.2) is 5.78 Å². The molecule has 5 heteroatoms. The summed E-state index contributed by atoms with van der Waals surface area (Å²) in [5, 5.41) is 30.4. The summed E-state index contributed by atoms with van der Waals surface area (Å²) in [4.78, 5) is 24.6. The number of carbonyl (C=O) groups excluding carboxylic acids is 1. The number of allylic oxidation sites excluding steroid dienone is 1. The molecule has 0 aromatic heterocycles. The summed E-state index contributed by atoms with van der Waals surface area (Å²) in [5.41, 5.74) is 0.525. The highest BCUT2D eigenvalue weighted by Crippen LogP contribution is 2.65. The van der Waals surface area contributed by atoms with Crippen LogP contribution in [0.1, 0.15) is 72.1 Å². The van der Waals surface area contributed by atoms with Gasteiger partial charge >= 0.3 is 5.97 Å². The van der Waals surface area contributed by atoms with Crippen molar-refractivity contribution in [2.24, 2.45) is 40.4 Å². The fourth-order valence-electron chi connectivity index (χ4n) is 7.76. The van der Waals surface area contributed by atoms with Gasteiger partial charge < -0.3 is 15.3 Å². The summed E-state index contributed by atoms with van der Waals surface area (Å²) in [6.07, 6.45) is 6.75. The van der Waals surface area contributed by atoms with Gasteiger partial charge in [0, 0.05) is 17.8 Å². The minimum atomic E-state index is -0.783. The highest BCUT2D eigenvalue weighted by molar-refractivity contribution is 5.97. The third-order valence-corrected chi connectivity index (χ3v) is 9.49.